The summed E-state index contributed by atoms with van der Waals surface area (Å²) in [5.74, 6) is 0.124. The van der Waals surface area contributed by atoms with Crippen molar-refractivity contribution in [1.29, 1.82) is 0 Å². The number of benzene rings is 1. The van der Waals surface area contributed by atoms with Gasteiger partial charge in [-0.25, -0.2) is 9.48 Å². The number of fused-ring (bicyclic) bond motifs is 1. The lowest BCUT2D eigenvalue weighted by molar-refractivity contribution is -0.119. The van der Waals surface area contributed by atoms with Gasteiger partial charge in [0.05, 0.1) is 6.54 Å². The SMILES string of the molecule is CCCCC(=O)Cn1nc2c(c1N)c(=O)n(CCC)c(=O)n2Cc1ccccc1. The molecule has 0 amide bonds. The molecule has 0 atom stereocenters. The minimum atomic E-state index is -0.457. The number of nitrogens with two attached hydrogens (primary N) is 1. The van der Waals surface area contributed by atoms with Crippen LogP contribution in [0, 0.1) is 0 Å². The molecule has 2 aromatic heterocycles. The zero-order valence-electron chi connectivity index (χ0n) is 16.9. The van der Waals surface area contributed by atoms with Crippen molar-refractivity contribution in [2.75, 3.05) is 5.73 Å². The highest BCUT2D eigenvalue weighted by Gasteiger charge is 2.21. The fraction of sp³-hybridized carbons (Fsp3) is 0.429. The maximum atomic E-state index is 13.1. The molecular weight excluding hydrogens is 370 g/mol. The number of ketones is 1. The van der Waals surface area contributed by atoms with Crippen molar-refractivity contribution in [3.63, 3.8) is 0 Å². The van der Waals surface area contributed by atoms with Crippen molar-refractivity contribution in [3.8, 4) is 0 Å². The standard InChI is InChI=1S/C21H27N5O3/c1-3-5-11-16(27)14-26-18(22)17-19(23-26)25(13-15-9-7-6-8-10-15)21(29)24(12-4-2)20(17)28/h6-10H,3-5,11-14,22H2,1-2H3. The van der Waals surface area contributed by atoms with E-state index >= 15 is 0 Å². The highest BCUT2D eigenvalue weighted by Crippen LogP contribution is 2.17. The molecule has 0 aliphatic carbocycles. The third-order valence-electron chi connectivity index (χ3n) is 4.92. The molecule has 0 aliphatic rings. The van der Waals surface area contributed by atoms with Crippen LogP contribution < -0.4 is 17.0 Å². The van der Waals surface area contributed by atoms with Crippen LogP contribution in [-0.4, -0.2) is 24.7 Å². The van der Waals surface area contributed by atoms with Gasteiger partial charge in [0.1, 0.15) is 17.7 Å². The number of carbonyl (C=O) groups is 1. The van der Waals surface area contributed by atoms with E-state index in [4.69, 9.17) is 5.73 Å². The van der Waals surface area contributed by atoms with Gasteiger partial charge in [0.2, 0.25) is 0 Å². The molecule has 0 saturated heterocycles. The minimum Gasteiger partial charge on any atom is -0.383 e. The summed E-state index contributed by atoms with van der Waals surface area (Å²) in [4.78, 5) is 38.2. The summed E-state index contributed by atoms with van der Waals surface area (Å²) >= 11 is 0. The van der Waals surface area contributed by atoms with Crippen molar-refractivity contribution in [2.24, 2.45) is 0 Å². The first kappa shape index (κ1) is 20.6. The molecule has 0 saturated carbocycles. The lowest BCUT2D eigenvalue weighted by Gasteiger charge is -2.10. The smallest absolute Gasteiger partial charge is 0.333 e. The normalized spacial score (nSPS) is 11.2. The number of anilines is 1. The zero-order valence-corrected chi connectivity index (χ0v) is 16.9. The number of hydrogen-bond donors (Lipinski definition) is 1. The first-order valence-electron chi connectivity index (χ1n) is 10.0. The number of Topliss-reactive ketones (excluding diaryl/α,β-unsaturated/α-hetero) is 1. The molecule has 8 heteroatoms. The van der Waals surface area contributed by atoms with E-state index in [1.165, 1.54) is 13.8 Å². The summed E-state index contributed by atoms with van der Waals surface area (Å²) in [5.41, 5.74) is 6.46. The van der Waals surface area contributed by atoms with Gasteiger partial charge >= 0.3 is 5.69 Å². The Kier molecular flexibility index (Phi) is 6.31. The predicted octanol–water partition coefficient (Wildman–Crippen LogP) is 2.16. The first-order chi connectivity index (χ1) is 14.0. The third kappa shape index (κ3) is 4.16. The molecule has 0 fully saturated rings. The summed E-state index contributed by atoms with van der Waals surface area (Å²) in [6, 6.07) is 9.48. The Morgan fingerprint density at radius 3 is 2.45 bits per heavy atom. The van der Waals surface area contributed by atoms with Crippen molar-refractivity contribution in [1.82, 2.24) is 18.9 Å². The van der Waals surface area contributed by atoms with Gasteiger partial charge in [-0.15, -0.1) is 0 Å². The van der Waals surface area contributed by atoms with Gasteiger partial charge in [0, 0.05) is 13.0 Å². The molecule has 0 aliphatic heterocycles. The predicted molar refractivity (Wildman–Crippen MR) is 113 cm³/mol. The van der Waals surface area contributed by atoms with Crippen LogP contribution in [0.1, 0.15) is 45.1 Å². The largest absolute Gasteiger partial charge is 0.383 e. The summed E-state index contributed by atoms with van der Waals surface area (Å²) in [5, 5.41) is 4.59. The van der Waals surface area contributed by atoms with Crippen LogP contribution >= 0.6 is 0 Å². The Hall–Kier alpha value is -3.16. The van der Waals surface area contributed by atoms with Crippen LogP contribution in [0.3, 0.4) is 0 Å². The number of hydrogen-bond acceptors (Lipinski definition) is 5. The van der Waals surface area contributed by atoms with Crippen LogP contribution in [-0.2, 0) is 24.4 Å². The quantitative estimate of drug-likeness (QED) is 0.596. The Labute approximate surface area is 168 Å². The molecule has 154 valence electrons. The second-order valence-corrected chi connectivity index (χ2v) is 7.19. The molecule has 2 heterocycles. The fourth-order valence-corrected chi connectivity index (χ4v) is 3.38. The molecular formula is C21H27N5O3. The van der Waals surface area contributed by atoms with Crippen LogP contribution in [0.2, 0.25) is 0 Å². The number of carbonyl (C=O) groups excluding carboxylic acids is 1. The minimum absolute atomic E-state index is 0.00260. The summed E-state index contributed by atoms with van der Waals surface area (Å²) < 4.78 is 4.01. The van der Waals surface area contributed by atoms with Crippen LogP contribution in [0.25, 0.3) is 11.0 Å². The Balaban J connectivity index is 2.17. The number of nitrogen functional groups attached to an aromatic ring is 1. The summed E-state index contributed by atoms with van der Waals surface area (Å²) in [7, 11) is 0. The van der Waals surface area contributed by atoms with Gasteiger partial charge in [-0.2, -0.15) is 5.10 Å². The van der Waals surface area contributed by atoms with Crippen molar-refractivity contribution < 1.29 is 4.79 Å². The molecule has 29 heavy (non-hydrogen) atoms. The van der Waals surface area contributed by atoms with E-state index in [-0.39, 0.29) is 35.7 Å². The molecule has 8 nitrogen and oxygen atoms in total. The molecule has 2 N–H and O–H groups in total. The number of unbranched alkanes of at least 4 members (excludes halogenated alkanes) is 1. The van der Waals surface area contributed by atoms with Gasteiger partial charge in [-0.3, -0.25) is 18.7 Å². The second-order valence-electron chi connectivity index (χ2n) is 7.19. The molecule has 3 rings (SSSR count). The maximum Gasteiger partial charge on any atom is 0.333 e. The van der Waals surface area contributed by atoms with E-state index in [0.717, 1.165) is 18.4 Å². The van der Waals surface area contributed by atoms with Gasteiger partial charge in [-0.1, -0.05) is 50.6 Å². The molecule has 0 unspecified atom stereocenters. The Bertz CT molecular complexity index is 1130. The summed E-state index contributed by atoms with van der Waals surface area (Å²) in [6.45, 7) is 4.47. The van der Waals surface area contributed by atoms with E-state index < -0.39 is 11.2 Å². The van der Waals surface area contributed by atoms with Crippen molar-refractivity contribution in [2.45, 2.75) is 59.2 Å². The van der Waals surface area contributed by atoms with Gasteiger partial charge in [-0.05, 0) is 18.4 Å². The fourth-order valence-electron chi connectivity index (χ4n) is 3.38. The average molecular weight is 397 g/mol. The summed E-state index contributed by atoms with van der Waals surface area (Å²) in [6.07, 6.45) is 2.78. The zero-order chi connectivity index (χ0) is 21.0. The van der Waals surface area contributed by atoms with Gasteiger partial charge in [0.15, 0.2) is 11.4 Å². The average Bonchev–Trinajstić information content (AvgIpc) is 3.03. The van der Waals surface area contributed by atoms with Crippen LogP contribution in [0.4, 0.5) is 5.82 Å². The Morgan fingerprint density at radius 2 is 1.79 bits per heavy atom. The highest BCUT2D eigenvalue weighted by molar-refractivity contribution is 5.87. The van der Waals surface area contributed by atoms with Crippen LogP contribution in [0.5, 0.6) is 0 Å². The maximum absolute atomic E-state index is 13.1. The van der Waals surface area contributed by atoms with Crippen LogP contribution in [0.15, 0.2) is 39.9 Å². The van der Waals surface area contributed by atoms with Crippen molar-refractivity contribution in [3.05, 3.63) is 56.7 Å². The second kappa shape index (κ2) is 8.89. The van der Waals surface area contributed by atoms with E-state index in [2.05, 4.69) is 5.10 Å². The lowest BCUT2D eigenvalue weighted by atomic mass is 10.2. The third-order valence-corrected chi connectivity index (χ3v) is 4.92. The van der Waals surface area contributed by atoms with Gasteiger partial charge in [0.25, 0.3) is 5.56 Å². The number of aromatic nitrogens is 4. The first-order valence-corrected chi connectivity index (χ1v) is 10.0. The molecule has 0 bridgehead atoms. The molecule has 0 spiro atoms. The van der Waals surface area contributed by atoms with E-state index in [0.29, 0.717) is 19.4 Å². The highest BCUT2D eigenvalue weighted by atomic mass is 16.2. The topological polar surface area (TPSA) is 105 Å². The molecule has 1 aromatic carbocycles. The number of nitrogens with zero attached hydrogens (tertiary/aromatic N) is 4. The lowest BCUT2D eigenvalue weighted by Crippen LogP contribution is -2.40. The molecule has 3 aromatic rings. The van der Waals surface area contributed by atoms with E-state index in [9.17, 15) is 14.4 Å². The van der Waals surface area contributed by atoms with E-state index in [1.54, 1.807) is 0 Å². The van der Waals surface area contributed by atoms with Gasteiger partial charge < -0.3 is 5.73 Å². The molecule has 0 radical (unpaired) electrons. The van der Waals surface area contributed by atoms with Crippen molar-refractivity contribution >= 4 is 22.6 Å². The Morgan fingerprint density at radius 1 is 1.07 bits per heavy atom. The van der Waals surface area contributed by atoms with E-state index in [1.807, 2.05) is 44.2 Å². The monoisotopic (exact) mass is 397 g/mol. The number of rotatable bonds is 9.